The standard InChI is InChI=1S/C7H8N4OS/c1-2-8-7-11-4-5(12)9-3-10-6(4)13-7/h3H,2H2,1H3,(H,8,11)(H,9,10,12). The van der Waals surface area contributed by atoms with Gasteiger partial charge in [-0.25, -0.2) is 9.97 Å². The molecule has 0 radical (unpaired) electrons. The van der Waals surface area contributed by atoms with Crippen molar-refractivity contribution in [3.05, 3.63) is 16.7 Å². The van der Waals surface area contributed by atoms with E-state index in [1.807, 2.05) is 6.92 Å². The summed E-state index contributed by atoms with van der Waals surface area (Å²) >= 11 is 1.38. The number of hydrogen-bond donors (Lipinski definition) is 2. The quantitative estimate of drug-likeness (QED) is 0.745. The SMILES string of the molecule is CCNc1nc2c(=O)[nH]cnc2s1. The molecule has 0 aliphatic carbocycles. The number of aromatic nitrogens is 3. The minimum absolute atomic E-state index is 0.189. The summed E-state index contributed by atoms with van der Waals surface area (Å²) in [6.45, 7) is 2.77. The third-order valence-corrected chi connectivity index (χ3v) is 2.45. The predicted octanol–water partition coefficient (Wildman–Crippen LogP) is 0.811. The highest BCUT2D eigenvalue weighted by atomic mass is 32.1. The molecular weight excluding hydrogens is 188 g/mol. The first-order valence-electron chi connectivity index (χ1n) is 3.89. The molecule has 0 atom stereocenters. The van der Waals surface area contributed by atoms with Crippen molar-refractivity contribution in [2.24, 2.45) is 0 Å². The number of thiazole rings is 1. The summed E-state index contributed by atoms with van der Waals surface area (Å²) in [6.07, 6.45) is 1.39. The summed E-state index contributed by atoms with van der Waals surface area (Å²) < 4.78 is 0. The van der Waals surface area contributed by atoms with E-state index in [4.69, 9.17) is 0 Å². The Bertz CT molecular complexity index is 475. The van der Waals surface area contributed by atoms with E-state index in [0.29, 0.717) is 10.3 Å². The van der Waals surface area contributed by atoms with Crippen LogP contribution in [-0.4, -0.2) is 21.5 Å². The van der Waals surface area contributed by atoms with Crippen LogP contribution in [0.5, 0.6) is 0 Å². The lowest BCUT2D eigenvalue weighted by atomic mass is 10.6. The number of hydrogen-bond acceptors (Lipinski definition) is 5. The van der Waals surface area contributed by atoms with E-state index in [1.165, 1.54) is 17.7 Å². The van der Waals surface area contributed by atoms with Crippen LogP contribution < -0.4 is 10.9 Å². The van der Waals surface area contributed by atoms with E-state index in [0.717, 1.165) is 11.7 Å². The summed E-state index contributed by atoms with van der Waals surface area (Å²) in [4.78, 5) is 22.5. The molecule has 0 saturated heterocycles. The first-order chi connectivity index (χ1) is 6.31. The minimum Gasteiger partial charge on any atom is -0.362 e. The zero-order chi connectivity index (χ0) is 9.26. The fourth-order valence-corrected chi connectivity index (χ4v) is 1.87. The molecule has 2 rings (SSSR count). The van der Waals surface area contributed by atoms with Crippen molar-refractivity contribution in [1.29, 1.82) is 0 Å². The highest BCUT2D eigenvalue weighted by Crippen LogP contribution is 2.20. The van der Waals surface area contributed by atoms with Gasteiger partial charge in [0.15, 0.2) is 15.5 Å². The maximum absolute atomic E-state index is 11.2. The first kappa shape index (κ1) is 8.18. The van der Waals surface area contributed by atoms with Crippen molar-refractivity contribution in [3.63, 3.8) is 0 Å². The molecule has 0 unspecified atom stereocenters. The zero-order valence-electron chi connectivity index (χ0n) is 7.00. The molecule has 0 aliphatic rings. The van der Waals surface area contributed by atoms with Crippen LogP contribution in [0, 0.1) is 0 Å². The second kappa shape index (κ2) is 3.14. The lowest BCUT2D eigenvalue weighted by Gasteiger charge is -1.91. The molecule has 68 valence electrons. The van der Waals surface area contributed by atoms with Gasteiger partial charge in [0.05, 0.1) is 6.33 Å². The predicted molar refractivity (Wildman–Crippen MR) is 52.2 cm³/mol. The van der Waals surface area contributed by atoms with Crippen molar-refractivity contribution < 1.29 is 0 Å². The zero-order valence-corrected chi connectivity index (χ0v) is 7.81. The number of anilines is 1. The normalized spacial score (nSPS) is 10.5. The summed E-state index contributed by atoms with van der Waals surface area (Å²) in [5.41, 5.74) is 0.217. The molecule has 5 nitrogen and oxygen atoms in total. The average Bonchev–Trinajstić information content (AvgIpc) is 2.49. The fourth-order valence-electron chi connectivity index (χ4n) is 0.992. The Labute approximate surface area is 77.9 Å². The number of fused-ring (bicyclic) bond motifs is 1. The molecule has 0 saturated carbocycles. The van der Waals surface area contributed by atoms with E-state index in [-0.39, 0.29) is 5.56 Å². The third-order valence-electron chi connectivity index (χ3n) is 1.53. The largest absolute Gasteiger partial charge is 0.362 e. The molecule has 0 aromatic carbocycles. The second-order valence-corrected chi connectivity index (χ2v) is 3.41. The molecule has 2 aromatic rings. The van der Waals surface area contributed by atoms with Gasteiger partial charge in [0.2, 0.25) is 0 Å². The molecule has 2 N–H and O–H groups in total. The second-order valence-electron chi connectivity index (χ2n) is 2.43. The van der Waals surface area contributed by atoms with Gasteiger partial charge in [0.1, 0.15) is 0 Å². The molecule has 13 heavy (non-hydrogen) atoms. The lowest BCUT2D eigenvalue weighted by Crippen LogP contribution is -2.05. The van der Waals surface area contributed by atoms with Gasteiger partial charge in [-0.15, -0.1) is 0 Å². The summed E-state index contributed by atoms with van der Waals surface area (Å²) in [5.74, 6) is 0. The molecule has 0 bridgehead atoms. The van der Waals surface area contributed by atoms with Crippen LogP contribution in [0.1, 0.15) is 6.92 Å². The number of rotatable bonds is 2. The molecule has 0 fully saturated rings. The van der Waals surface area contributed by atoms with E-state index in [1.54, 1.807) is 0 Å². The van der Waals surface area contributed by atoms with E-state index < -0.39 is 0 Å². The van der Waals surface area contributed by atoms with Crippen LogP contribution in [0.2, 0.25) is 0 Å². The monoisotopic (exact) mass is 196 g/mol. The molecular formula is C7H8N4OS. The molecule has 0 spiro atoms. The van der Waals surface area contributed by atoms with E-state index >= 15 is 0 Å². The summed E-state index contributed by atoms with van der Waals surface area (Å²) in [5, 5.41) is 3.78. The van der Waals surface area contributed by atoms with Crippen LogP contribution >= 0.6 is 11.3 Å². The Balaban J connectivity index is 2.62. The Morgan fingerprint density at radius 1 is 1.69 bits per heavy atom. The van der Waals surface area contributed by atoms with Crippen LogP contribution in [0.15, 0.2) is 11.1 Å². The highest BCUT2D eigenvalue weighted by molar-refractivity contribution is 7.21. The molecule has 2 aromatic heterocycles. The van der Waals surface area contributed by atoms with Crippen molar-refractivity contribution in [2.75, 3.05) is 11.9 Å². The maximum Gasteiger partial charge on any atom is 0.278 e. The van der Waals surface area contributed by atoms with Crippen LogP contribution in [0.3, 0.4) is 0 Å². The van der Waals surface area contributed by atoms with Crippen molar-refractivity contribution >= 4 is 26.8 Å². The molecule has 0 amide bonds. The third kappa shape index (κ3) is 1.40. The Hall–Kier alpha value is -1.43. The smallest absolute Gasteiger partial charge is 0.278 e. The first-order valence-corrected chi connectivity index (χ1v) is 4.71. The Kier molecular flexibility index (Phi) is 1.97. The van der Waals surface area contributed by atoms with Gasteiger partial charge >= 0.3 is 0 Å². The van der Waals surface area contributed by atoms with E-state index in [9.17, 15) is 4.79 Å². The number of nitrogens with one attached hydrogen (secondary N) is 2. The van der Waals surface area contributed by atoms with Gasteiger partial charge in [-0.3, -0.25) is 4.79 Å². The summed E-state index contributed by atoms with van der Waals surface area (Å²) in [7, 11) is 0. The number of H-pyrrole nitrogens is 1. The van der Waals surface area contributed by atoms with Crippen LogP contribution in [-0.2, 0) is 0 Å². The highest BCUT2D eigenvalue weighted by Gasteiger charge is 2.06. The topological polar surface area (TPSA) is 70.7 Å². The van der Waals surface area contributed by atoms with Gasteiger partial charge in [-0.2, -0.15) is 0 Å². The van der Waals surface area contributed by atoms with Gasteiger partial charge in [-0.05, 0) is 6.92 Å². The van der Waals surface area contributed by atoms with Gasteiger partial charge < -0.3 is 10.3 Å². The van der Waals surface area contributed by atoms with Gasteiger partial charge in [0.25, 0.3) is 5.56 Å². The lowest BCUT2D eigenvalue weighted by molar-refractivity contribution is 1.16. The molecule has 0 aliphatic heterocycles. The van der Waals surface area contributed by atoms with E-state index in [2.05, 4.69) is 20.3 Å². The number of nitrogens with zero attached hydrogens (tertiary/aromatic N) is 2. The van der Waals surface area contributed by atoms with Crippen molar-refractivity contribution in [3.8, 4) is 0 Å². The van der Waals surface area contributed by atoms with Crippen molar-refractivity contribution in [1.82, 2.24) is 15.0 Å². The Morgan fingerprint density at radius 2 is 2.54 bits per heavy atom. The minimum atomic E-state index is -0.189. The average molecular weight is 196 g/mol. The van der Waals surface area contributed by atoms with Crippen LogP contribution in [0.4, 0.5) is 5.13 Å². The molecule has 6 heteroatoms. The summed E-state index contributed by atoms with van der Waals surface area (Å²) in [6, 6.07) is 0. The Morgan fingerprint density at radius 3 is 3.23 bits per heavy atom. The maximum atomic E-state index is 11.2. The molecule has 2 heterocycles. The van der Waals surface area contributed by atoms with Crippen LogP contribution in [0.25, 0.3) is 10.3 Å². The van der Waals surface area contributed by atoms with Gasteiger partial charge in [0, 0.05) is 6.54 Å². The fraction of sp³-hybridized carbons (Fsp3) is 0.286. The van der Waals surface area contributed by atoms with Crippen molar-refractivity contribution in [2.45, 2.75) is 6.92 Å². The van der Waals surface area contributed by atoms with Gasteiger partial charge in [-0.1, -0.05) is 11.3 Å². The number of aromatic amines is 1.